The van der Waals surface area contributed by atoms with Gasteiger partial charge in [-0.15, -0.1) is 0 Å². The number of hydrogen-bond acceptors (Lipinski definition) is 2. The normalized spacial score (nSPS) is 21.6. The molecule has 17 heavy (non-hydrogen) atoms. The summed E-state index contributed by atoms with van der Waals surface area (Å²) in [6, 6.07) is 0.649. The lowest BCUT2D eigenvalue weighted by Crippen LogP contribution is -2.39. The lowest BCUT2D eigenvalue weighted by molar-refractivity contribution is -0.132. The van der Waals surface area contributed by atoms with E-state index < -0.39 is 0 Å². The molecule has 2 aliphatic carbocycles. The summed E-state index contributed by atoms with van der Waals surface area (Å²) in [7, 11) is 0. The van der Waals surface area contributed by atoms with Gasteiger partial charge in [0, 0.05) is 25.0 Å². The van der Waals surface area contributed by atoms with E-state index in [2.05, 4.69) is 18.7 Å². The van der Waals surface area contributed by atoms with Gasteiger partial charge in [0.1, 0.15) is 0 Å². The minimum Gasteiger partial charge on any atom is -0.340 e. The van der Waals surface area contributed by atoms with Crippen molar-refractivity contribution in [3.8, 4) is 0 Å². The first-order valence-electron chi connectivity index (χ1n) is 7.13. The van der Waals surface area contributed by atoms with Crippen molar-refractivity contribution in [3.63, 3.8) is 0 Å². The van der Waals surface area contributed by atoms with Gasteiger partial charge in [-0.1, -0.05) is 13.8 Å². The molecule has 3 nitrogen and oxygen atoms in total. The summed E-state index contributed by atoms with van der Waals surface area (Å²) < 4.78 is 0. The summed E-state index contributed by atoms with van der Waals surface area (Å²) in [4.78, 5) is 14.3. The molecule has 2 rings (SSSR count). The van der Waals surface area contributed by atoms with Gasteiger partial charge in [0.15, 0.2) is 0 Å². The van der Waals surface area contributed by atoms with E-state index in [1.165, 1.54) is 25.7 Å². The van der Waals surface area contributed by atoms with Crippen LogP contribution in [0.25, 0.3) is 0 Å². The van der Waals surface area contributed by atoms with E-state index >= 15 is 0 Å². The Morgan fingerprint density at radius 2 is 1.94 bits per heavy atom. The number of nitrogens with two attached hydrogens (primary N) is 1. The smallest absolute Gasteiger partial charge is 0.224 e. The molecule has 0 heterocycles. The summed E-state index contributed by atoms with van der Waals surface area (Å²) in [6.45, 7) is 5.36. The number of amides is 1. The van der Waals surface area contributed by atoms with E-state index in [-0.39, 0.29) is 6.04 Å². The van der Waals surface area contributed by atoms with Crippen LogP contribution in [0.5, 0.6) is 0 Å². The first-order chi connectivity index (χ1) is 8.08. The minimum atomic E-state index is 0.114. The third-order valence-electron chi connectivity index (χ3n) is 3.89. The Bertz CT molecular complexity index is 269. The van der Waals surface area contributed by atoms with Crippen LogP contribution in [0.1, 0.15) is 52.4 Å². The van der Waals surface area contributed by atoms with Crippen molar-refractivity contribution in [1.29, 1.82) is 0 Å². The molecule has 2 aliphatic rings. The summed E-state index contributed by atoms with van der Waals surface area (Å²) in [6.07, 6.45) is 6.53. The number of hydrogen-bond donors (Lipinski definition) is 1. The largest absolute Gasteiger partial charge is 0.340 e. The van der Waals surface area contributed by atoms with Gasteiger partial charge in [-0.2, -0.15) is 0 Å². The predicted octanol–water partition coefficient (Wildman–Crippen LogP) is 2.15. The number of carbonyl (C=O) groups is 1. The Hall–Kier alpha value is -0.570. The maximum Gasteiger partial charge on any atom is 0.224 e. The standard InChI is InChI=1S/C14H26N2O/c1-10(2)7-8-16(12-5-6-12)14(17)9-13(15)11-3-4-11/h10-13H,3-9,15H2,1-2H3. The Morgan fingerprint density at radius 3 is 2.41 bits per heavy atom. The van der Waals surface area contributed by atoms with Crippen molar-refractivity contribution in [2.24, 2.45) is 17.6 Å². The fourth-order valence-electron chi connectivity index (χ4n) is 2.30. The summed E-state index contributed by atoms with van der Waals surface area (Å²) in [5.74, 6) is 1.60. The lowest BCUT2D eigenvalue weighted by atomic mass is 10.1. The molecule has 1 atom stereocenters. The number of carbonyl (C=O) groups excluding carboxylic acids is 1. The van der Waals surface area contributed by atoms with Gasteiger partial charge in [-0.05, 0) is 43.9 Å². The van der Waals surface area contributed by atoms with Gasteiger partial charge in [0.2, 0.25) is 5.91 Å². The molecule has 0 aromatic rings. The van der Waals surface area contributed by atoms with E-state index in [1.54, 1.807) is 0 Å². The maximum atomic E-state index is 12.2. The zero-order chi connectivity index (χ0) is 12.4. The van der Waals surface area contributed by atoms with E-state index in [0.717, 1.165) is 13.0 Å². The third kappa shape index (κ3) is 3.98. The highest BCUT2D eigenvalue weighted by Gasteiger charge is 2.35. The molecule has 2 N–H and O–H groups in total. The Labute approximate surface area is 105 Å². The van der Waals surface area contributed by atoms with Gasteiger partial charge in [0.05, 0.1) is 0 Å². The van der Waals surface area contributed by atoms with E-state index in [1.807, 2.05) is 0 Å². The zero-order valence-corrected chi connectivity index (χ0v) is 11.2. The van der Waals surface area contributed by atoms with Crippen LogP contribution in [0, 0.1) is 11.8 Å². The summed E-state index contributed by atoms with van der Waals surface area (Å²) in [5, 5.41) is 0. The van der Waals surface area contributed by atoms with Crippen molar-refractivity contribution in [2.45, 2.75) is 64.5 Å². The van der Waals surface area contributed by atoms with Gasteiger partial charge >= 0.3 is 0 Å². The second kappa shape index (κ2) is 5.38. The van der Waals surface area contributed by atoms with E-state index in [4.69, 9.17) is 5.73 Å². The quantitative estimate of drug-likeness (QED) is 0.738. The van der Waals surface area contributed by atoms with Crippen molar-refractivity contribution < 1.29 is 4.79 Å². The molecule has 2 fully saturated rings. The maximum absolute atomic E-state index is 12.2. The van der Waals surface area contributed by atoms with Crippen molar-refractivity contribution in [2.75, 3.05) is 6.54 Å². The van der Waals surface area contributed by atoms with Crippen LogP contribution in [0.4, 0.5) is 0 Å². The first kappa shape index (κ1) is 12.9. The summed E-state index contributed by atoms with van der Waals surface area (Å²) >= 11 is 0. The molecule has 0 aromatic heterocycles. The average Bonchev–Trinajstić information content (AvgIpc) is 3.11. The van der Waals surface area contributed by atoms with Crippen LogP contribution in [0.15, 0.2) is 0 Å². The highest BCUT2D eigenvalue weighted by molar-refractivity contribution is 5.77. The Balaban J connectivity index is 1.79. The van der Waals surface area contributed by atoms with Gasteiger partial charge < -0.3 is 10.6 Å². The minimum absolute atomic E-state index is 0.114. The molecule has 2 saturated carbocycles. The van der Waals surface area contributed by atoms with Crippen LogP contribution in [0.3, 0.4) is 0 Å². The average molecular weight is 238 g/mol. The van der Waals surface area contributed by atoms with E-state index in [9.17, 15) is 4.79 Å². The molecule has 0 radical (unpaired) electrons. The number of nitrogens with zero attached hydrogens (tertiary/aromatic N) is 1. The number of rotatable bonds is 7. The first-order valence-corrected chi connectivity index (χ1v) is 7.13. The van der Waals surface area contributed by atoms with Gasteiger partial charge in [0.25, 0.3) is 0 Å². The van der Waals surface area contributed by atoms with Gasteiger partial charge in [-0.25, -0.2) is 0 Å². The third-order valence-corrected chi connectivity index (χ3v) is 3.89. The molecule has 1 unspecified atom stereocenters. The molecule has 0 aromatic carbocycles. The fraction of sp³-hybridized carbons (Fsp3) is 0.929. The highest BCUT2D eigenvalue weighted by atomic mass is 16.2. The fourth-order valence-corrected chi connectivity index (χ4v) is 2.30. The molecule has 0 spiro atoms. The molecule has 0 aliphatic heterocycles. The topological polar surface area (TPSA) is 46.3 Å². The highest BCUT2D eigenvalue weighted by Crippen LogP contribution is 2.34. The van der Waals surface area contributed by atoms with Crippen LogP contribution in [-0.2, 0) is 4.79 Å². The lowest BCUT2D eigenvalue weighted by Gasteiger charge is -2.25. The van der Waals surface area contributed by atoms with Crippen molar-refractivity contribution in [3.05, 3.63) is 0 Å². The molecule has 98 valence electrons. The molecule has 3 heteroatoms. The van der Waals surface area contributed by atoms with Gasteiger partial charge in [-0.3, -0.25) is 4.79 Å². The molecule has 0 saturated heterocycles. The van der Waals surface area contributed by atoms with Crippen LogP contribution < -0.4 is 5.73 Å². The van der Waals surface area contributed by atoms with Crippen molar-refractivity contribution >= 4 is 5.91 Å². The SMILES string of the molecule is CC(C)CCN(C(=O)CC(N)C1CC1)C1CC1. The second-order valence-corrected chi connectivity index (χ2v) is 6.21. The van der Waals surface area contributed by atoms with E-state index in [0.29, 0.717) is 30.2 Å². The monoisotopic (exact) mass is 238 g/mol. The molecular weight excluding hydrogens is 212 g/mol. The Morgan fingerprint density at radius 1 is 1.29 bits per heavy atom. The second-order valence-electron chi connectivity index (χ2n) is 6.21. The van der Waals surface area contributed by atoms with Crippen molar-refractivity contribution in [1.82, 2.24) is 4.90 Å². The molecule has 1 amide bonds. The molecular formula is C14H26N2O. The predicted molar refractivity (Wildman–Crippen MR) is 69.5 cm³/mol. The van der Waals surface area contributed by atoms with Crippen LogP contribution >= 0.6 is 0 Å². The van der Waals surface area contributed by atoms with Crippen LogP contribution in [0.2, 0.25) is 0 Å². The Kier molecular flexibility index (Phi) is 4.08. The van der Waals surface area contributed by atoms with Crippen LogP contribution in [-0.4, -0.2) is 29.4 Å². The molecule has 0 bridgehead atoms. The zero-order valence-electron chi connectivity index (χ0n) is 11.2. The summed E-state index contributed by atoms with van der Waals surface area (Å²) in [5.41, 5.74) is 6.05.